The Bertz CT molecular complexity index is 721. The maximum Gasteiger partial charge on any atom is 0.123 e. The van der Waals surface area contributed by atoms with E-state index in [1.807, 2.05) is 24.4 Å². The zero-order valence-corrected chi connectivity index (χ0v) is 12.1. The van der Waals surface area contributed by atoms with Crippen molar-refractivity contribution in [2.24, 2.45) is 0 Å². The molecule has 1 heterocycles. The molecule has 0 saturated heterocycles. The van der Waals surface area contributed by atoms with Crippen LogP contribution in [0.25, 0.3) is 10.9 Å². The molecule has 2 N–H and O–H groups in total. The highest BCUT2D eigenvalue weighted by Gasteiger charge is 2.01. The van der Waals surface area contributed by atoms with Crippen molar-refractivity contribution in [2.45, 2.75) is 13.0 Å². The van der Waals surface area contributed by atoms with Crippen molar-refractivity contribution >= 4 is 10.9 Å². The smallest absolute Gasteiger partial charge is 0.123 e. The van der Waals surface area contributed by atoms with Gasteiger partial charge in [-0.2, -0.15) is 5.10 Å². The predicted molar refractivity (Wildman–Crippen MR) is 84.5 cm³/mol. The second-order valence-corrected chi connectivity index (χ2v) is 5.03. The molecule has 0 aliphatic heterocycles. The minimum atomic E-state index is 0.816. The van der Waals surface area contributed by atoms with Crippen LogP contribution in [0.1, 0.15) is 11.1 Å². The summed E-state index contributed by atoms with van der Waals surface area (Å²) in [5.74, 6) is 0.934. The molecule has 4 heteroatoms. The Morgan fingerprint density at radius 2 is 2.10 bits per heavy atom. The lowest BCUT2D eigenvalue weighted by Crippen LogP contribution is -2.17. The monoisotopic (exact) mass is 281 g/mol. The average molecular weight is 281 g/mol. The first kappa shape index (κ1) is 13.6. The van der Waals surface area contributed by atoms with Crippen molar-refractivity contribution in [2.75, 3.05) is 13.7 Å². The summed E-state index contributed by atoms with van der Waals surface area (Å²) < 4.78 is 5.35. The Hall–Kier alpha value is -2.33. The summed E-state index contributed by atoms with van der Waals surface area (Å²) in [5.41, 5.74) is 3.58. The van der Waals surface area contributed by atoms with E-state index in [2.05, 4.69) is 39.8 Å². The van der Waals surface area contributed by atoms with E-state index in [0.29, 0.717) is 0 Å². The predicted octanol–water partition coefficient (Wildman–Crippen LogP) is 2.90. The minimum absolute atomic E-state index is 0.816. The van der Waals surface area contributed by atoms with Gasteiger partial charge in [0.25, 0.3) is 0 Å². The summed E-state index contributed by atoms with van der Waals surface area (Å²) in [6.07, 6.45) is 2.84. The number of hydrogen-bond acceptors (Lipinski definition) is 3. The average Bonchev–Trinajstić information content (AvgIpc) is 2.99. The molecule has 3 aromatic rings. The van der Waals surface area contributed by atoms with E-state index in [9.17, 15) is 0 Å². The van der Waals surface area contributed by atoms with Gasteiger partial charge in [0.15, 0.2) is 0 Å². The van der Waals surface area contributed by atoms with Gasteiger partial charge < -0.3 is 10.1 Å². The maximum atomic E-state index is 5.35. The molecular weight excluding hydrogens is 262 g/mol. The summed E-state index contributed by atoms with van der Waals surface area (Å²) in [6, 6.07) is 14.5. The molecule has 0 fully saturated rings. The molecule has 0 aliphatic rings. The van der Waals surface area contributed by atoms with Crippen LogP contribution in [0.5, 0.6) is 5.75 Å². The van der Waals surface area contributed by atoms with E-state index in [-0.39, 0.29) is 0 Å². The molecule has 0 aliphatic carbocycles. The molecule has 0 atom stereocenters. The number of nitrogens with one attached hydrogen (secondary N) is 2. The topological polar surface area (TPSA) is 49.9 Å². The number of nitrogens with zero attached hydrogens (tertiary/aromatic N) is 1. The molecule has 4 nitrogen and oxygen atoms in total. The Morgan fingerprint density at radius 3 is 3.00 bits per heavy atom. The fraction of sp³-hybridized carbons (Fsp3) is 0.235. The van der Waals surface area contributed by atoms with Crippen LogP contribution in [-0.4, -0.2) is 23.9 Å². The first-order valence-corrected chi connectivity index (χ1v) is 7.11. The number of benzene rings is 2. The first-order chi connectivity index (χ1) is 10.4. The van der Waals surface area contributed by atoms with Crippen LogP contribution >= 0.6 is 0 Å². The summed E-state index contributed by atoms with van der Waals surface area (Å²) in [4.78, 5) is 0. The van der Waals surface area contributed by atoms with E-state index in [4.69, 9.17) is 4.74 Å². The van der Waals surface area contributed by atoms with Gasteiger partial charge in [-0.1, -0.05) is 30.3 Å². The Kier molecular flexibility index (Phi) is 4.17. The summed E-state index contributed by atoms with van der Waals surface area (Å²) in [5, 5.41) is 11.7. The lowest BCUT2D eigenvalue weighted by atomic mass is 10.1. The molecule has 108 valence electrons. The van der Waals surface area contributed by atoms with Gasteiger partial charge in [0, 0.05) is 17.5 Å². The number of H-pyrrole nitrogens is 1. The summed E-state index contributed by atoms with van der Waals surface area (Å²) in [6.45, 7) is 1.74. The third-order valence-corrected chi connectivity index (χ3v) is 3.60. The second kappa shape index (κ2) is 6.41. The molecule has 1 aromatic heterocycles. The van der Waals surface area contributed by atoms with Gasteiger partial charge in [-0.25, -0.2) is 0 Å². The molecule has 21 heavy (non-hydrogen) atoms. The zero-order chi connectivity index (χ0) is 14.5. The van der Waals surface area contributed by atoms with E-state index in [0.717, 1.165) is 36.2 Å². The van der Waals surface area contributed by atoms with Crippen molar-refractivity contribution in [3.63, 3.8) is 0 Å². The van der Waals surface area contributed by atoms with E-state index < -0.39 is 0 Å². The molecule has 0 spiro atoms. The standard InChI is InChI=1S/C17H19N3O/c1-21-17-5-3-2-4-15(17)11-18-9-8-13-6-7-14-12-19-20-16(14)10-13/h2-7,10,12,18H,8-9,11H2,1H3,(H,19,20). The van der Waals surface area contributed by atoms with Crippen LogP contribution < -0.4 is 10.1 Å². The molecule has 0 radical (unpaired) electrons. The molecular formula is C17H19N3O. The Morgan fingerprint density at radius 1 is 1.19 bits per heavy atom. The van der Waals surface area contributed by atoms with E-state index >= 15 is 0 Å². The molecule has 0 saturated carbocycles. The normalized spacial score (nSPS) is 10.9. The van der Waals surface area contributed by atoms with Gasteiger partial charge in [0.1, 0.15) is 5.75 Å². The van der Waals surface area contributed by atoms with Gasteiger partial charge in [-0.15, -0.1) is 0 Å². The number of aromatic amines is 1. The van der Waals surface area contributed by atoms with Crippen molar-refractivity contribution in [3.8, 4) is 5.75 Å². The molecule has 3 rings (SSSR count). The zero-order valence-electron chi connectivity index (χ0n) is 12.1. The minimum Gasteiger partial charge on any atom is -0.496 e. The maximum absolute atomic E-state index is 5.35. The quantitative estimate of drug-likeness (QED) is 0.683. The highest BCUT2D eigenvalue weighted by atomic mass is 16.5. The van der Waals surface area contributed by atoms with Crippen molar-refractivity contribution in [3.05, 3.63) is 59.8 Å². The Balaban J connectivity index is 1.54. The number of aromatic nitrogens is 2. The number of hydrogen-bond donors (Lipinski definition) is 2. The van der Waals surface area contributed by atoms with Crippen LogP contribution in [0.4, 0.5) is 0 Å². The second-order valence-electron chi connectivity index (χ2n) is 5.03. The van der Waals surface area contributed by atoms with Gasteiger partial charge in [0.05, 0.1) is 18.8 Å². The first-order valence-electron chi connectivity index (χ1n) is 7.11. The fourth-order valence-electron chi connectivity index (χ4n) is 2.44. The van der Waals surface area contributed by atoms with Crippen LogP contribution in [0.3, 0.4) is 0 Å². The molecule has 2 aromatic carbocycles. The third-order valence-electron chi connectivity index (χ3n) is 3.60. The van der Waals surface area contributed by atoms with Gasteiger partial charge >= 0.3 is 0 Å². The number of methoxy groups -OCH3 is 1. The fourth-order valence-corrected chi connectivity index (χ4v) is 2.44. The van der Waals surface area contributed by atoms with E-state index in [1.165, 1.54) is 11.1 Å². The van der Waals surface area contributed by atoms with Crippen LogP contribution in [0.15, 0.2) is 48.7 Å². The number of para-hydroxylation sites is 1. The number of ether oxygens (including phenoxy) is 1. The molecule has 0 unspecified atom stereocenters. The van der Waals surface area contributed by atoms with Crippen molar-refractivity contribution in [1.82, 2.24) is 15.5 Å². The van der Waals surface area contributed by atoms with Gasteiger partial charge in [-0.3, -0.25) is 5.10 Å². The SMILES string of the molecule is COc1ccccc1CNCCc1ccc2cn[nH]c2c1. The lowest BCUT2D eigenvalue weighted by Gasteiger charge is -2.09. The summed E-state index contributed by atoms with van der Waals surface area (Å²) >= 11 is 0. The number of rotatable bonds is 6. The van der Waals surface area contributed by atoms with Crippen LogP contribution in [-0.2, 0) is 13.0 Å². The molecule has 0 bridgehead atoms. The highest BCUT2D eigenvalue weighted by Crippen LogP contribution is 2.17. The summed E-state index contributed by atoms with van der Waals surface area (Å²) in [7, 11) is 1.71. The third kappa shape index (κ3) is 3.23. The number of fused-ring (bicyclic) bond motifs is 1. The van der Waals surface area contributed by atoms with Crippen LogP contribution in [0.2, 0.25) is 0 Å². The molecule has 0 amide bonds. The lowest BCUT2D eigenvalue weighted by molar-refractivity contribution is 0.408. The van der Waals surface area contributed by atoms with Crippen LogP contribution in [0, 0.1) is 0 Å². The van der Waals surface area contributed by atoms with Crippen molar-refractivity contribution in [1.29, 1.82) is 0 Å². The van der Waals surface area contributed by atoms with Gasteiger partial charge in [-0.05, 0) is 30.7 Å². The van der Waals surface area contributed by atoms with E-state index in [1.54, 1.807) is 7.11 Å². The van der Waals surface area contributed by atoms with Gasteiger partial charge in [0.2, 0.25) is 0 Å². The highest BCUT2D eigenvalue weighted by molar-refractivity contribution is 5.78. The largest absolute Gasteiger partial charge is 0.496 e. The van der Waals surface area contributed by atoms with Crippen molar-refractivity contribution < 1.29 is 4.74 Å². The Labute approximate surface area is 124 Å².